The van der Waals surface area contributed by atoms with E-state index in [1.54, 1.807) is 27.7 Å². The topological polar surface area (TPSA) is 217 Å². The number of Topliss-reactive ketones (excluding diaryl/α,β-unsaturated/α-hetero) is 4. The van der Waals surface area contributed by atoms with Crippen LogP contribution in [0.5, 0.6) is 0 Å². The van der Waals surface area contributed by atoms with Crippen molar-refractivity contribution in [2.24, 2.45) is 23.7 Å². The molecule has 0 bridgehead atoms. The molecule has 0 spiro atoms. The van der Waals surface area contributed by atoms with Crippen molar-refractivity contribution >= 4 is 47.0 Å². The van der Waals surface area contributed by atoms with Crippen molar-refractivity contribution in [2.75, 3.05) is 0 Å². The van der Waals surface area contributed by atoms with Crippen molar-refractivity contribution < 1.29 is 107 Å². The molecule has 0 saturated carbocycles. The third kappa shape index (κ3) is 25.8. The van der Waals surface area contributed by atoms with Gasteiger partial charge in [-0.25, -0.2) is 0 Å². The molecular formula is C24H40O12TiZr. The number of carbonyl (C=O) groups is 8. The number of carboxylic acid groups (broad SMARTS) is 4. The van der Waals surface area contributed by atoms with Crippen molar-refractivity contribution in [3.63, 3.8) is 0 Å². The third-order valence-corrected chi connectivity index (χ3v) is 4.79. The zero-order chi connectivity index (χ0) is 29.8. The second-order valence-electron chi connectivity index (χ2n) is 7.64. The molecule has 216 valence electrons. The minimum Gasteiger partial charge on any atom is -0.481 e. The van der Waals surface area contributed by atoms with Gasteiger partial charge in [0.15, 0.2) is 0 Å². The van der Waals surface area contributed by atoms with Gasteiger partial charge in [0.05, 0.1) is 0 Å². The summed E-state index contributed by atoms with van der Waals surface area (Å²) in [5, 5.41) is 33.3. The van der Waals surface area contributed by atoms with Crippen LogP contribution in [0.15, 0.2) is 0 Å². The summed E-state index contributed by atoms with van der Waals surface area (Å²) < 4.78 is 0. The molecule has 4 unspecified atom stereocenters. The molecule has 0 fully saturated rings. The summed E-state index contributed by atoms with van der Waals surface area (Å²) in [5.74, 6) is -8.39. The van der Waals surface area contributed by atoms with Crippen LogP contribution in [0.25, 0.3) is 0 Å². The third-order valence-electron chi connectivity index (χ3n) is 4.79. The molecule has 0 aliphatic rings. The molecule has 0 amide bonds. The van der Waals surface area contributed by atoms with Crippen LogP contribution in [0, 0.1) is 23.7 Å². The molecule has 4 atom stereocenters. The Morgan fingerprint density at radius 1 is 0.421 bits per heavy atom. The number of ketones is 4. The minimum atomic E-state index is -1.02. The van der Waals surface area contributed by atoms with Crippen molar-refractivity contribution in [2.45, 2.75) is 81.1 Å². The van der Waals surface area contributed by atoms with Gasteiger partial charge in [-0.1, -0.05) is 27.7 Å². The van der Waals surface area contributed by atoms with E-state index in [9.17, 15) is 38.4 Å². The summed E-state index contributed by atoms with van der Waals surface area (Å²) in [5.41, 5.74) is 0. The van der Waals surface area contributed by atoms with Gasteiger partial charge in [-0.2, -0.15) is 0 Å². The number of aliphatic carboxylic acids is 4. The van der Waals surface area contributed by atoms with Gasteiger partial charge in [0.1, 0.15) is 46.8 Å². The average Bonchev–Trinajstić information content (AvgIpc) is 2.69. The number of hydrogen-bond donors (Lipinski definition) is 4. The van der Waals surface area contributed by atoms with Gasteiger partial charge in [-0.3, -0.25) is 38.4 Å². The average molecular weight is 660 g/mol. The maximum atomic E-state index is 10.4. The Morgan fingerprint density at radius 3 is 0.526 bits per heavy atom. The first kappa shape index (κ1) is 49.1. The Balaban J connectivity index is -0.0000000883. The maximum Gasteiger partial charge on any atom is 0.314 e. The van der Waals surface area contributed by atoms with E-state index in [-0.39, 0.29) is 71.1 Å². The molecule has 0 aliphatic carbocycles. The van der Waals surface area contributed by atoms with E-state index in [0.717, 1.165) is 0 Å². The van der Waals surface area contributed by atoms with Gasteiger partial charge < -0.3 is 20.4 Å². The Morgan fingerprint density at radius 2 is 0.526 bits per heavy atom. The van der Waals surface area contributed by atoms with Gasteiger partial charge in [-0.15, -0.1) is 0 Å². The molecule has 0 saturated heterocycles. The Bertz CT molecular complexity index is 598. The molecule has 0 aliphatic heterocycles. The number of hydrogen-bond acceptors (Lipinski definition) is 8. The standard InChI is InChI=1S/4C6H10O3.Ti.Zr/c4*1-3-5(4(2)7)6(8)9;;/h4*5H,3H2,1-2H3,(H,8,9);;. The van der Waals surface area contributed by atoms with Crippen LogP contribution in [0.2, 0.25) is 0 Å². The molecule has 0 radical (unpaired) electrons. The Kier molecular flexibility index (Phi) is 36.4. The molecule has 0 aromatic heterocycles. The van der Waals surface area contributed by atoms with Gasteiger partial charge in [-0.05, 0) is 53.4 Å². The summed E-state index contributed by atoms with van der Waals surface area (Å²) >= 11 is 0. The minimum absolute atomic E-state index is 0. The Labute approximate surface area is 257 Å². The van der Waals surface area contributed by atoms with Crippen LogP contribution in [0.1, 0.15) is 81.1 Å². The fourth-order valence-corrected chi connectivity index (χ4v) is 2.54. The van der Waals surface area contributed by atoms with E-state index >= 15 is 0 Å². The summed E-state index contributed by atoms with van der Waals surface area (Å²) in [4.78, 5) is 82.3. The summed E-state index contributed by atoms with van der Waals surface area (Å²) in [6.45, 7) is 11.9. The van der Waals surface area contributed by atoms with Crippen LogP contribution in [-0.2, 0) is 86.3 Å². The van der Waals surface area contributed by atoms with Gasteiger partial charge >= 0.3 is 23.9 Å². The molecule has 0 aromatic rings. The van der Waals surface area contributed by atoms with Crippen LogP contribution >= 0.6 is 0 Å². The Hall–Kier alpha value is -1.84. The zero-order valence-corrected chi connectivity index (χ0v) is 27.2. The number of carbonyl (C=O) groups excluding carboxylic acids is 4. The quantitative estimate of drug-likeness (QED) is 0.176. The zero-order valence-electron chi connectivity index (χ0n) is 23.2. The van der Waals surface area contributed by atoms with E-state index in [2.05, 4.69) is 0 Å². The molecule has 12 nitrogen and oxygen atoms in total. The van der Waals surface area contributed by atoms with Crippen molar-refractivity contribution in [3.8, 4) is 0 Å². The fourth-order valence-electron chi connectivity index (χ4n) is 2.54. The first-order valence-electron chi connectivity index (χ1n) is 11.3. The monoisotopic (exact) mass is 658 g/mol. The van der Waals surface area contributed by atoms with Crippen molar-refractivity contribution in [1.82, 2.24) is 0 Å². The summed E-state index contributed by atoms with van der Waals surface area (Å²) in [6, 6.07) is 0. The molecule has 14 heteroatoms. The molecule has 0 heterocycles. The number of rotatable bonds is 12. The van der Waals surface area contributed by atoms with Crippen molar-refractivity contribution in [3.05, 3.63) is 0 Å². The fraction of sp³-hybridized carbons (Fsp3) is 0.667. The van der Waals surface area contributed by atoms with E-state index in [0.29, 0.717) is 25.7 Å². The van der Waals surface area contributed by atoms with Gasteiger partial charge in [0.2, 0.25) is 0 Å². The molecule has 0 rings (SSSR count). The normalized spacial score (nSPS) is 12.0. The molecule has 4 N–H and O–H groups in total. The van der Waals surface area contributed by atoms with Gasteiger partial charge in [0.25, 0.3) is 0 Å². The van der Waals surface area contributed by atoms with E-state index < -0.39 is 47.5 Å². The van der Waals surface area contributed by atoms with Crippen LogP contribution in [-0.4, -0.2) is 67.4 Å². The predicted octanol–water partition coefficient (Wildman–Crippen LogP) is 2.74. The molecule has 0 aromatic carbocycles. The van der Waals surface area contributed by atoms with E-state index in [1.807, 2.05) is 0 Å². The first-order chi connectivity index (χ1) is 16.4. The summed E-state index contributed by atoms with van der Waals surface area (Å²) in [7, 11) is 0. The second-order valence-corrected chi connectivity index (χ2v) is 7.64. The second kappa shape index (κ2) is 28.2. The molecular weight excluding hydrogens is 619 g/mol. The largest absolute Gasteiger partial charge is 0.481 e. The van der Waals surface area contributed by atoms with E-state index in [1.165, 1.54) is 27.7 Å². The SMILES string of the molecule is CCC(C(C)=O)C(=O)O.CCC(C(C)=O)C(=O)O.CCC(C(C)=O)C(=O)O.CCC(C(C)=O)C(=O)O.[Ti].[Zr]. The van der Waals surface area contributed by atoms with Gasteiger partial charge in [0, 0.05) is 47.9 Å². The first-order valence-corrected chi connectivity index (χ1v) is 11.3. The maximum absolute atomic E-state index is 10.4. The van der Waals surface area contributed by atoms with Crippen LogP contribution in [0.3, 0.4) is 0 Å². The number of carboxylic acids is 4. The predicted molar refractivity (Wildman–Crippen MR) is 128 cm³/mol. The van der Waals surface area contributed by atoms with E-state index in [4.69, 9.17) is 20.4 Å². The summed E-state index contributed by atoms with van der Waals surface area (Å²) in [6.07, 6.45) is 1.52. The van der Waals surface area contributed by atoms with Crippen molar-refractivity contribution in [1.29, 1.82) is 0 Å². The van der Waals surface area contributed by atoms with Crippen LogP contribution < -0.4 is 0 Å². The smallest absolute Gasteiger partial charge is 0.314 e. The van der Waals surface area contributed by atoms with Crippen LogP contribution in [0.4, 0.5) is 0 Å². The molecule has 38 heavy (non-hydrogen) atoms.